The number of amides is 2. The van der Waals surface area contributed by atoms with Gasteiger partial charge in [0.05, 0.1) is 17.7 Å². The molecule has 0 radical (unpaired) electrons. The molecule has 0 fully saturated rings. The second-order valence-electron chi connectivity index (χ2n) is 6.33. The second-order valence-corrected chi connectivity index (χ2v) is 9.44. The highest BCUT2D eigenvalue weighted by Crippen LogP contribution is 2.31. The van der Waals surface area contributed by atoms with Gasteiger partial charge in [-0.2, -0.15) is 0 Å². The van der Waals surface area contributed by atoms with Gasteiger partial charge in [0, 0.05) is 11.4 Å². The van der Waals surface area contributed by atoms with Crippen LogP contribution < -0.4 is 10.6 Å². The molecule has 0 aliphatic heterocycles. The first-order valence-corrected chi connectivity index (χ1v) is 11.2. The minimum atomic E-state index is -3.76. The first kappa shape index (κ1) is 20.8. The lowest BCUT2D eigenvalue weighted by atomic mass is 10.2. The van der Waals surface area contributed by atoms with E-state index in [4.69, 9.17) is 4.42 Å². The maximum absolute atomic E-state index is 13.1. The Labute approximate surface area is 172 Å². The third kappa shape index (κ3) is 5.12. The number of rotatable bonds is 7. The van der Waals surface area contributed by atoms with Gasteiger partial charge in [0.25, 0.3) is 0 Å². The van der Waals surface area contributed by atoms with Crippen LogP contribution in [0.1, 0.15) is 21.5 Å². The van der Waals surface area contributed by atoms with Gasteiger partial charge in [-0.25, -0.2) is 8.42 Å². The molecule has 9 heteroatoms. The molecule has 0 saturated heterocycles. The van der Waals surface area contributed by atoms with E-state index in [2.05, 4.69) is 10.6 Å². The normalized spacial score (nSPS) is 12.3. The van der Waals surface area contributed by atoms with Gasteiger partial charge in [0.2, 0.25) is 0 Å². The highest BCUT2D eigenvalue weighted by molar-refractivity contribution is 7.91. The zero-order valence-corrected chi connectivity index (χ0v) is 17.3. The van der Waals surface area contributed by atoms with E-state index in [1.165, 1.54) is 17.6 Å². The largest absolute Gasteiger partial charge is 0.467 e. The number of nitrogens with one attached hydrogen (secondary N) is 2. The van der Waals surface area contributed by atoms with Crippen LogP contribution in [-0.4, -0.2) is 26.8 Å². The van der Waals surface area contributed by atoms with Crippen LogP contribution in [0.5, 0.6) is 0 Å². The molecule has 3 rings (SSSR count). The molecule has 0 aliphatic carbocycles. The van der Waals surface area contributed by atoms with Crippen LogP contribution in [0.2, 0.25) is 0 Å². The molecule has 1 unspecified atom stereocenters. The van der Waals surface area contributed by atoms with E-state index in [1.54, 1.807) is 53.9 Å². The summed E-state index contributed by atoms with van der Waals surface area (Å²) in [6, 6.07) is 13.3. The summed E-state index contributed by atoms with van der Waals surface area (Å²) in [5.41, 5.74) is 0.943. The predicted octanol–water partition coefficient (Wildman–Crippen LogP) is 2.60. The second kappa shape index (κ2) is 9.06. The highest BCUT2D eigenvalue weighted by Gasteiger charge is 2.31. The summed E-state index contributed by atoms with van der Waals surface area (Å²) < 4.78 is 31.4. The third-order valence-corrected chi connectivity index (χ3v) is 7.48. The van der Waals surface area contributed by atoms with Crippen molar-refractivity contribution in [2.75, 3.05) is 6.54 Å². The number of hydrogen-bond acceptors (Lipinski definition) is 6. The number of sulfone groups is 1. The van der Waals surface area contributed by atoms with Crippen LogP contribution in [-0.2, 0) is 26.0 Å². The van der Waals surface area contributed by atoms with Gasteiger partial charge >= 0.3 is 11.8 Å². The molecule has 152 valence electrons. The van der Waals surface area contributed by atoms with Crippen molar-refractivity contribution in [3.63, 3.8) is 0 Å². The van der Waals surface area contributed by atoms with Crippen LogP contribution in [0.15, 0.2) is 69.5 Å². The maximum Gasteiger partial charge on any atom is 0.309 e. The third-order valence-electron chi connectivity index (χ3n) is 4.24. The van der Waals surface area contributed by atoms with Crippen LogP contribution in [0.25, 0.3) is 0 Å². The van der Waals surface area contributed by atoms with Crippen LogP contribution in [0.3, 0.4) is 0 Å². The number of aryl methyl sites for hydroxylation is 1. The van der Waals surface area contributed by atoms with E-state index in [-0.39, 0.29) is 18.0 Å². The fourth-order valence-corrected chi connectivity index (χ4v) is 5.44. The van der Waals surface area contributed by atoms with Crippen molar-refractivity contribution in [3.05, 3.63) is 76.4 Å². The van der Waals surface area contributed by atoms with Gasteiger partial charge in [-0.3, -0.25) is 9.59 Å². The van der Waals surface area contributed by atoms with Crippen molar-refractivity contribution in [1.82, 2.24) is 10.6 Å². The molecule has 2 heterocycles. The predicted molar refractivity (Wildman–Crippen MR) is 109 cm³/mol. The maximum atomic E-state index is 13.1. The number of furan rings is 1. The summed E-state index contributed by atoms with van der Waals surface area (Å²) in [6.45, 7) is 1.72. The fourth-order valence-electron chi connectivity index (χ4n) is 2.66. The summed E-state index contributed by atoms with van der Waals surface area (Å²) in [7, 11) is -3.76. The van der Waals surface area contributed by atoms with Gasteiger partial charge in [0.1, 0.15) is 11.0 Å². The minimum Gasteiger partial charge on any atom is -0.467 e. The fraction of sp³-hybridized carbons (Fsp3) is 0.200. The van der Waals surface area contributed by atoms with E-state index in [0.29, 0.717) is 10.6 Å². The van der Waals surface area contributed by atoms with E-state index < -0.39 is 26.9 Å². The first-order chi connectivity index (χ1) is 13.9. The lowest BCUT2D eigenvalue weighted by Gasteiger charge is -2.17. The summed E-state index contributed by atoms with van der Waals surface area (Å²) in [4.78, 5) is 24.9. The number of benzene rings is 1. The molecular weight excluding hydrogens is 412 g/mol. The van der Waals surface area contributed by atoms with E-state index >= 15 is 0 Å². The van der Waals surface area contributed by atoms with Crippen molar-refractivity contribution < 1.29 is 22.4 Å². The summed E-state index contributed by atoms with van der Waals surface area (Å²) in [6.07, 6.45) is 1.46. The monoisotopic (exact) mass is 432 g/mol. The Kier molecular flexibility index (Phi) is 6.50. The lowest BCUT2D eigenvalue weighted by Crippen LogP contribution is -2.41. The Balaban J connectivity index is 1.70. The van der Waals surface area contributed by atoms with Crippen LogP contribution in [0.4, 0.5) is 0 Å². The van der Waals surface area contributed by atoms with Gasteiger partial charge < -0.3 is 15.1 Å². The van der Waals surface area contributed by atoms with Crippen molar-refractivity contribution in [2.45, 2.75) is 23.6 Å². The molecule has 0 spiro atoms. The van der Waals surface area contributed by atoms with Crippen molar-refractivity contribution in [3.8, 4) is 0 Å². The van der Waals surface area contributed by atoms with E-state index in [9.17, 15) is 18.0 Å². The topological polar surface area (TPSA) is 105 Å². The Morgan fingerprint density at radius 2 is 1.76 bits per heavy atom. The molecule has 3 aromatic rings. The van der Waals surface area contributed by atoms with Crippen molar-refractivity contribution >= 4 is 33.0 Å². The Hall–Kier alpha value is -2.91. The molecular formula is C20H20N2O5S2. The molecule has 0 bridgehead atoms. The highest BCUT2D eigenvalue weighted by atomic mass is 32.2. The molecule has 2 N–H and O–H groups in total. The molecule has 7 nitrogen and oxygen atoms in total. The summed E-state index contributed by atoms with van der Waals surface area (Å²) in [5.74, 6) is -1.26. The smallest absolute Gasteiger partial charge is 0.309 e. The Morgan fingerprint density at radius 1 is 1.03 bits per heavy atom. The molecule has 1 atom stereocenters. The van der Waals surface area contributed by atoms with Crippen LogP contribution in [0, 0.1) is 6.92 Å². The average molecular weight is 433 g/mol. The summed E-state index contributed by atoms with van der Waals surface area (Å²) >= 11 is 1.28. The molecule has 2 aromatic heterocycles. The van der Waals surface area contributed by atoms with E-state index in [1.807, 2.05) is 6.92 Å². The number of thiophene rings is 1. The zero-order valence-electron chi connectivity index (χ0n) is 15.6. The Bertz CT molecular complexity index is 1060. The van der Waals surface area contributed by atoms with Gasteiger partial charge in [-0.1, -0.05) is 23.8 Å². The van der Waals surface area contributed by atoms with Crippen LogP contribution >= 0.6 is 11.3 Å². The summed E-state index contributed by atoms with van der Waals surface area (Å²) in [5, 5.41) is 5.64. The standard InChI is InChI=1S/C20H20N2O5S2/c1-14-6-8-16(9-7-14)29(25,26)18(17-5-3-11-28-17)13-22-20(24)19(23)21-12-15-4-2-10-27-15/h2-11,18H,12-13H2,1H3,(H,21,23)(H,22,24). The van der Waals surface area contributed by atoms with E-state index in [0.717, 1.165) is 5.56 Å². The number of carbonyl (C=O) groups excluding carboxylic acids is 2. The first-order valence-electron chi connectivity index (χ1n) is 8.80. The van der Waals surface area contributed by atoms with Gasteiger partial charge in [0.15, 0.2) is 9.84 Å². The van der Waals surface area contributed by atoms with Gasteiger partial charge in [-0.15, -0.1) is 11.3 Å². The Morgan fingerprint density at radius 3 is 2.38 bits per heavy atom. The quantitative estimate of drug-likeness (QED) is 0.558. The molecule has 0 aliphatic rings. The number of carbonyl (C=O) groups is 2. The zero-order chi connectivity index (χ0) is 20.9. The lowest BCUT2D eigenvalue weighted by molar-refractivity contribution is -0.139. The molecule has 2 amide bonds. The minimum absolute atomic E-state index is 0.0648. The molecule has 1 aromatic carbocycles. The van der Waals surface area contributed by atoms with Crippen molar-refractivity contribution in [1.29, 1.82) is 0 Å². The van der Waals surface area contributed by atoms with Crippen molar-refractivity contribution in [2.24, 2.45) is 0 Å². The number of hydrogen-bond donors (Lipinski definition) is 2. The SMILES string of the molecule is Cc1ccc(S(=O)(=O)C(CNC(=O)C(=O)NCc2ccco2)c2cccs2)cc1. The average Bonchev–Trinajstić information content (AvgIpc) is 3.40. The van der Waals surface area contributed by atoms with Gasteiger partial charge in [-0.05, 0) is 42.6 Å². The molecule has 0 saturated carbocycles. The molecule has 29 heavy (non-hydrogen) atoms.